The van der Waals surface area contributed by atoms with Crippen LogP contribution in [0.4, 0.5) is 19.0 Å². The average Bonchev–Trinajstić information content (AvgIpc) is 2.90. The number of anilines is 1. The van der Waals surface area contributed by atoms with Gasteiger partial charge in [-0.15, -0.1) is 0 Å². The highest BCUT2D eigenvalue weighted by Crippen LogP contribution is 2.31. The number of nitrogens with one attached hydrogen (secondary N) is 1. The number of rotatable bonds is 6. The normalized spacial score (nSPS) is 11.6. The second-order valence-electron chi connectivity index (χ2n) is 4.50. The Morgan fingerprint density at radius 1 is 1.24 bits per heavy atom. The summed E-state index contributed by atoms with van der Waals surface area (Å²) in [6.07, 6.45) is 2.55. The van der Waals surface area contributed by atoms with Gasteiger partial charge in [0.05, 0.1) is 11.9 Å². The molecule has 0 aliphatic rings. The van der Waals surface area contributed by atoms with Crippen molar-refractivity contribution in [3.05, 3.63) is 41.6 Å². The fourth-order valence-corrected chi connectivity index (χ4v) is 2.01. The van der Waals surface area contributed by atoms with Crippen molar-refractivity contribution in [2.45, 2.75) is 25.6 Å². The summed E-state index contributed by atoms with van der Waals surface area (Å²) in [7, 11) is 0. The largest absolute Gasteiger partial charge is 0.416 e. The Hall–Kier alpha value is -1.76. The van der Waals surface area contributed by atoms with E-state index in [9.17, 15) is 13.2 Å². The number of hydrogen-bond acceptors (Lipinski definition) is 3. The van der Waals surface area contributed by atoms with Crippen LogP contribution in [0.5, 0.6) is 0 Å². The number of nitrogens with zero attached hydrogens (tertiary/aromatic N) is 3. The standard InChI is InChI=1S/C13H14ClF3N4/c14-11-7-10(13(15,16)17)8-12(20-11)19-3-1-2-5-21-6-4-18-9-21/h4,6-9H,1-3,5H2,(H,19,20). The van der Waals surface area contributed by atoms with E-state index in [1.807, 2.05) is 10.8 Å². The predicted octanol–water partition coefficient (Wildman–Crippen LogP) is 3.84. The van der Waals surface area contributed by atoms with Gasteiger partial charge in [-0.1, -0.05) is 11.6 Å². The lowest BCUT2D eigenvalue weighted by Crippen LogP contribution is -2.09. The van der Waals surface area contributed by atoms with Gasteiger partial charge in [0, 0.05) is 25.5 Å². The van der Waals surface area contributed by atoms with E-state index < -0.39 is 11.7 Å². The molecule has 0 aliphatic carbocycles. The van der Waals surface area contributed by atoms with E-state index in [4.69, 9.17) is 11.6 Å². The van der Waals surface area contributed by atoms with Crippen molar-refractivity contribution in [1.82, 2.24) is 14.5 Å². The number of aryl methyl sites for hydroxylation is 1. The van der Waals surface area contributed by atoms with Crippen LogP contribution < -0.4 is 5.32 Å². The Labute approximate surface area is 125 Å². The van der Waals surface area contributed by atoms with Crippen molar-refractivity contribution in [3.63, 3.8) is 0 Å². The zero-order valence-electron chi connectivity index (χ0n) is 11.1. The molecular weight excluding hydrogens is 305 g/mol. The number of pyridine rings is 1. The minimum Gasteiger partial charge on any atom is -0.370 e. The Bertz CT molecular complexity index is 569. The maximum Gasteiger partial charge on any atom is 0.416 e. The van der Waals surface area contributed by atoms with Crippen LogP contribution in [0.15, 0.2) is 30.9 Å². The zero-order valence-corrected chi connectivity index (χ0v) is 11.8. The minimum absolute atomic E-state index is 0.137. The fraction of sp³-hybridized carbons (Fsp3) is 0.385. The summed E-state index contributed by atoms with van der Waals surface area (Å²) in [5, 5.41) is 2.68. The molecule has 2 aromatic rings. The molecule has 4 nitrogen and oxygen atoms in total. The van der Waals surface area contributed by atoms with Crippen LogP contribution in [0.1, 0.15) is 18.4 Å². The molecule has 2 rings (SSSR count). The van der Waals surface area contributed by atoms with Crippen LogP contribution in [-0.2, 0) is 12.7 Å². The van der Waals surface area contributed by atoms with E-state index in [0.717, 1.165) is 31.5 Å². The molecule has 1 N–H and O–H groups in total. The van der Waals surface area contributed by atoms with Crippen molar-refractivity contribution in [2.24, 2.45) is 0 Å². The molecule has 0 bridgehead atoms. The molecule has 114 valence electrons. The fourth-order valence-electron chi connectivity index (χ4n) is 1.81. The SMILES string of the molecule is FC(F)(F)c1cc(Cl)nc(NCCCCn2ccnc2)c1. The van der Waals surface area contributed by atoms with Gasteiger partial charge in [-0.3, -0.25) is 0 Å². The van der Waals surface area contributed by atoms with Gasteiger partial charge in [-0.2, -0.15) is 13.2 Å². The quantitative estimate of drug-likeness (QED) is 0.650. The van der Waals surface area contributed by atoms with Crippen molar-refractivity contribution in [1.29, 1.82) is 0 Å². The van der Waals surface area contributed by atoms with Gasteiger partial charge < -0.3 is 9.88 Å². The number of imidazole rings is 1. The van der Waals surface area contributed by atoms with Crippen LogP contribution in [0, 0.1) is 0 Å². The van der Waals surface area contributed by atoms with Crippen LogP contribution in [0.2, 0.25) is 5.15 Å². The van der Waals surface area contributed by atoms with Crippen LogP contribution in [-0.4, -0.2) is 21.1 Å². The average molecular weight is 319 g/mol. The molecule has 0 aliphatic heterocycles. The Kier molecular flexibility index (Phi) is 5.06. The van der Waals surface area contributed by atoms with Gasteiger partial charge in [-0.25, -0.2) is 9.97 Å². The van der Waals surface area contributed by atoms with E-state index in [0.29, 0.717) is 6.54 Å². The lowest BCUT2D eigenvalue weighted by Gasteiger charge is -2.10. The van der Waals surface area contributed by atoms with Gasteiger partial charge in [-0.05, 0) is 25.0 Å². The van der Waals surface area contributed by atoms with E-state index in [-0.39, 0.29) is 11.0 Å². The molecule has 0 saturated heterocycles. The zero-order chi connectivity index (χ0) is 15.3. The molecular formula is C13H14ClF3N4. The molecule has 0 saturated carbocycles. The van der Waals surface area contributed by atoms with E-state index in [1.165, 1.54) is 0 Å². The highest BCUT2D eigenvalue weighted by atomic mass is 35.5. The van der Waals surface area contributed by atoms with Gasteiger partial charge in [0.15, 0.2) is 0 Å². The first-order valence-electron chi connectivity index (χ1n) is 6.39. The Morgan fingerprint density at radius 3 is 2.71 bits per heavy atom. The molecule has 8 heteroatoms. The molecule has 0 aromatic carbocycles. The maximum absolute atomic E-state index is 12.6. The molecule has 2 aromatic heterocycles. The summed E-state index contributed by atoms with van der Waals surface area (Å²) >= 11 is 5.60. The van der Waals surface area contributed by atoms with Crippen molar-refractivity contribution in [2.75, 3.05) is 11.9 Å². The highest BCUT2D eigenvalue weighted by molar-refractivity contribution is 6.29. The van der Waals surface area contributed by atoms with Crippen LogP contribution in [0.3, 0.4) is 0 Å². The number of alkyl halides is 3. The molecule has 0 spiro atoms. The summed E-state index contributed by atoms with van der Waals surface area (Å²) in [4.78, 5) is 7.76. The van der Waals surface area contributed by atoms with Crippen molar-refractivity contribution in [3.8, 4) is 0 Å². The third kappa shape index (κ3) is 4.93. The molecule has 0 fully saturated rings. The smallest absolute Gasteiger partial charge is 0.370 e. The van der Waals surface area contributed by atoms with Crippen molar-refractivity contribution < 1.29 is 13.2 Å². The maximum atomic E-state index is 12.6. The van der Waals surface area contributed by atoms with Gasteiger partial charge in [0.2, 0.25) is 0 Å². The van der Waals surface area contributed by atoms with Gasteiger partial charge in [0.25, 0.3) is 0 Å². The summed E-state index contributed by atoms with van der Waals surface area (Å²) in [5.74, 6) is 0.137. The summed E-state index contributed by atoms with van der Waals surface area (Å²) < 4.78 is 39.8. The first kappa shape index (κ1) is 15.6. The number of hydrogen-bond donors (Lipinski definition) is 1. The molecule has 0 radical (unpaired) electrons. The third-order valence-corrected chi connectivity index (χ3v) is 3.02. The van der Waals surface area contributed by atoms with Gasteiger partial charge in [0.1, 0.15) is 11.0 Å². The lowest BCUT2D eigenvalue weighted by atomic mass is 10.2. The van der Waals surface area contributed by atoms with Crippen LogP contribution >= 0.6 is 11.6 Å². The first-order chi connectivity index (χ1) is 9.95. The van der Waals surface area contributed by atoms with Crippen molar-refractivity contribution >= 4 is 17.4 Å². The molecule has 2 heterocycles. The number of halogens is 4. The third-order valence-electron chi connectivity index (χ3n) is 2.83. The lowest BCUT2D eigenvalue weighted by molar-refractivity contribution is -0.137. The van der Waals surface area contributed by atoms with E-state index in [1.54, 1.807) is 12.5 Å². The Balaban J connectivity index is 1.81. The second-order valence-corrected chi connectivity index (χ2v) is 4.88. The predicted molar refractivity (Wildman–Crippen MR) is 74.2 cm³/mol. The van der Waals surface area contributed by atoms with Crippen LogP contribution in [0.25, 0.3) is 0 Å². The Morgan fingerprint density at radius 2 is 2.05 bits per heavy atom. The molecule has 0 amide bonds. The number of aromatic nitrogens is 3. The summed E-state index contributed by atoms with van der Waals surface area (Å²) in [6, 6.07) is 1.77. The highest BCUT2D eigenvalue weighted by Gasteiger charge is 2.31. The van der Waals surface area contributed by atoms with Gasteiger partial charge >= 0.3 is 6.18 Å². The minimum atomic E-state index is -4.43. The topological polar surface area (TPSA) is 42.7 Å². The molecule has 0 unspecified atom stereocenters. The summed E-state index contributed by atoms with van der Waals surface area (Å²) in [6.45, 7) is 1.35. The monoisotopic (exact) mass is 318 g/mol. The van der Waals surface area contributed by atoms with E-state index in [2.05, 4.69) is 15.3 Å². The van der Waals surface area contributed by atoms with E-state index >= 15 is 0 Å². The summed E-state index contributed by atoms with van der Waals surface area (Å²) in [5.41, 5.74) is -0.802. The first-order valence-corrected chi connectivity index (χ1v) is 6.77. The molecule has 21 heavy (non-hydrogen) atoms. The second kappa shape index (κ2) is 6.80. The molecule has 0 atom stereocenters. The number of unbranched alkanes of at least 4 members (excludes halogenated alkanes) is 1.